The first-order valence-corrected chi connectivity index (χ1v) is 11.8. The Morgan fingerprint density at radius 2 is 2.03 bits per heavy atom. The fourth-order valence-electron chi connectivity index (χ4n) is 3.33. The number of fused-ring (bicyclic) bond motifs is 1. The van der Waals surface area contributed by atoms with Crippen LogP contribution in [0.3, 0.4) is 0 Å². The fourth-order valence-corrected chi connectivity index (χ4v) is 4.01. The Morgan fingerprint density at radius 3 is 2.78 bits per heavy atom. The van der Waals surface area contributed by atoms with Gasteiger partial charge in [-0.1, -0.05) is 30.3 Å². The summed E-state index contributed by atoms with van der Waals surface area (Å²) in [7, 11) is 0. The molecule has 1 aliphatic rings. The molecule has 3 aromatic rings. The van der Waals surface area contributed by atoms with E-state index in [1.807, 2.05) is 0 Å². The van der Waals surface area contributed by atoms with E-state index in [4.69, 9.17) is 31.0 Å². The number of thioether (sulfide) groups is 1. The van der Waals surface area contributed by atoms with Gasteiger partial charge in [0, 0.05) is 24.7 Å². The number of carbonyl (C=O) groups is 1. The lowest BCUT2D eigenvalue weighted by molar-refractivity contribution is -0.123. The molecule has 0 atom stereocenters. The van der Waals surface area contributed by atoms with E-state index in [9.17, 15) is 4.79 Å². The number of benzene rings is 1. The summed E-state index contributed by atoms with van der Waals surface area (Å²) in [6.07, 6.45) is 1.80. The summed E-state index contributed by atoms with van der Waals surface area (Å²) < 4.78 is 12.8. The molecule has 1 amide bonds. The summed E-state index contributed by atoms with van der Waals surface area (Å²) in [6, 6.07) is 6.89. The lowest BCUT2D eigenvalue weighted by atomic mass is 10.3. The van der Waals surface area contributed by atoms with Crippen molar-refractivity contribution in [2.24, 2.45) is 0 Å². The highest BCUT2D eigenvalue weighted by Crippen LogP contribution is 2.27. The van der Waals surface area contributed by atoms with E-state index in [-0.39, 0.29) is 12.5 Å². The fraction of sp³-hybridized carbons (Fsp3) is 0.429. The Morgan fingerprint density at radius 1 is 1.25 bits per heavy atom. The van der Waals surface area contributed by atoms with Crippen molar-refractivity contribution in [1.29, 1.82) is 0 Å². The third-order valence-electron chi connectivity index (χ3n) is 4.87. The van der Waals surface area contributed by atoms with E-state index in [0.29, 0.717) is 37.1 Å². The Balaban J connectivity index is 1.39. The zero-order valence-corrected chi connectivity index (χ0v) is 19.4. The number of nitrogens with zero attached hydrogens (tertiary/aromatic N) is 5. The molecule has 1 aliphatic heterocycles. The van der Waals surface area contributed by atoms with E-state index in [1.54, 1.807) is 46.9 Å². The van der Waals surface area contributed by atoms with Crippen LogP contribution in [-0.4, -0.2) is 70.9 Å². The molecule has 9 nitrogen and oxygen atoms in total. The van der Waals surface area contributed by atoms with E-state index in [0.717, 1.165) is 40.9 Å². The minimum absolute atomic E-state index is 0.0673. The highest BCUT2D eigenvalue weighted by molar-refractivity contribution is 7.99. The predicted octanol–water partition coefficient (Wildman–Crippen LogP) is 2.62. The number of hydrogen-bond acceptors (Lipinski definition) is 8. The maximum Gasteiger partial charge on any atom is 0.258 e. The van der Waals surface area contributed by atoms with Crippen LogP contribution >= 0.6 is 23.4 Å². The van der Waals surface area contributed by atoms with Gasteiger partial charge in [-0.15, -0.1) is 0 Å². The van der Waals surface area contributed by atoms with Crippen molar-refractivity contribution < 1.29 is 14.3 Å². The molecule has 2 aromatic heterocycles. The maximum atomic E-state index is 12.1. The molecule has 11 heteroatoms. The van der Waals surface area contributed by atoms with Crippen molar-refractivity contribution in [3.63, 3.8) is 0 Å². The number of carbonyl (C=O) groups excluding carboxylic acids is 1. The second kappa shape index (κ2) is 10.8. The van der Waals surface area contributed by atoms with Gasteiger partial charge >= 0.3 is 0 Å². The standard InChI is InChI=1S/C21H25ClN6O3S/c1-2-32-21-25-19(27-9-11-30-12-10-27)17-13-24-28(20(17)26-21)8-7-23-18(29)14-31-16-5-3-15(22)4-6-16/h3-6,13H,2,7-12,14H2,1H3,(H,23,29). The van der Waals surface area contributed by atoms with Crippen LogP contribution in [0.15, 0.2) is 35.6 Å². The predicted molar refractivity (Wildman–Crippen MR) is 125 cm³/mol. The molecule has 0 aliphatic carbocycles. The largest absolute Gasteiger partial charge is 0.484 e. The molecule has 0 unspecified atom stereocenters. The van der Waals surface area contributed by atoms with Crippen LogP contribution in [-0.2, 0) is 16.1 Å². The highest BCUT2D eigenvalue weighted by Gasteiger charge is 2.20. The van der Waals surface area contributed by atoms with Gasteiger partial charge in [0.2, 0.25) is 0 Å². The highest BCUT2D eigenvalue weighted by atomic mass is 35.5. The summed E-state index contributed by atoms with van der Waals surface area (Å²) in [5.41, 5.74) is 0.768. The summed E-state index contributed by atoms with van der Waals surface area (Å²) in [6.45, 7) is 5.85. The van der Waals surface area contributed by atoms with Crippen molar-refractivity contribution in [3.05, 3.63) is 35.5 Å². The van der Waals surface area contributed by atoms with Crippen LogP contribution in [0.2, 0.25) is 5.02 Å². The molecule has 0 spiro atoms. The Kier molecular flexibility index (Phi) is 7.67. The summed E-state index contributed by atoms with van der Waals surface area (Å²) in [4.78, 5) is 23.8. The molecular formula is C21H25ClN6O3S. The molecular weight excluding hydrogens is 452 g/mol. The molecule has 1 saturated heterocycles. The number of rotatable bonds is 9. The number of hydrogen-bond donors (Lipinski definition) is 1. The second-order valence-electron chi connectivity index (χ2n) is 7.06. The van der Waals surface area contributed by atoms with Gasteiger partial charge in [0.05, 0.1) is 31.3 Å². The van der Waals surface area contributed by atoms with Gasteiger partial charge in [0.1, 0.15) is 11.6 Å². The monoisotopic (exact) mass is 476 g/mol. The smallest absolute Gasteiger partial charge is 0.258 e. The Labute approximate surface area is 195 Å². The summed E-state index contributed by atoms with van der Waals surface area (Å²) in [5, 5.41) is 9.61. The van der Waals surface area contributed by atoms with Crippen LogP contribution in [0.4, 0.5) is 5.82 Å². The molecule has 3 heterocycles. The number of aromatic nitrogens is 4. The van der Waals surface area contributed by atoms with Crippen LogP contribution in [0, 0.1) is 0 Å². The maximum absolute atomic E-state index is 12.1. The topological polar surface area (TPSA) is 94.4 Å². The van der Waals surface area contributed by atoms with Gasteiger partial charge in [0.25, 0.3) is 5.91 Å². The van der Waals surface area contributed by atoms with Crippen molar-refractivity contribution in [1.82, 2.24) is 25.1 Å². The number of amides is 1. The number of nitrogens with one attached hydrogen (secondary N) is 1. The molecule has 0 radical (unpaired) electrons. The molecule has 1 aromatic carbocycles. The van der Waals surface area contributed by atoms with Crippen LogP contribution in [0.1, 0.15) is 6.92 Å². The van der Waals surface area contributed by atoms with Gasteiger partial charge in [-0.25, -0.2) is 14.6 Å². The van der Waals surface area contributed by atoms with Crippen LogP contribution in [0.25, 0.3) is 11.0 Å². The lowest BCUT2D eigenvalue weighted by Gasteiger charge is -2.28. The molecule has 0 saturated carbocycles. The molecule has 170 valence electrons. The van der Waals surface area contributed by atoms with Crippen LogP contribution < -0.4 is 15.0 Å². The SMILES string of the molecule is CCSc1nc(N2CCOCC2)c2cnn(CCNC(=O)COc3ccc(Cl)cc3)c2n1. The first-order valence-electron chi connectivity index (χ1n) is 10.5. The third-order valence-corrected chi connectivity index (χ3v) is 5.85. The Hall–Kier alpha value is -2.56. The molecule has 1 N–H and O–H groups in total. The van der Waals surface area contributed by atoms with Gasteiger partial charge < -0.3 is 19.7 Å². The molecule has 1 fully saturated rings. The average Bonchev–Trinajstić information content (AvgIpc) is 3.22. The second-order valence-corrected chi connectivity index (χ2v) is 8.73. The lowest BCUT2D eigenvalue weighted by Crippen LogP contribution is -2.37. The molecule has 4 rings (SSSR count). The summed E-state index contributed by atoms with van der Waals surface area (Å²) >= 11 is 7.45. The zero-order chi connectivity index (χ0) is 22.3. The van der Waals surface area contributed by atoms with Gasteiger partial charge in [-0.2, -0.15) is 5.10 Å². The van der Waals surface area contributed by atoms with Gasteiger partial charge in [-0.05, 0) is 30.0 Å². The van der Waals surface area contributed by atoms with E-state index >= 15 is 0 Å². The normalized spacial score (nSPS) is 14.0. The number of anilines is 1. The minimum Gasteiger partial charge on any atom is -0.484 e. The van der Waals surface area contributed by atoms with Gasteiger partial charge in [0.15, 0.2) is 17.4 Å². The first-order chi connectivity index (χ1) is 15.6. The van der Waals surface area contributed by atoms with Crippen molar-refractivity contribution in [2.45, 2.75) is 18.6 Å². The number of morpholine rings is 1. The molecule has 32 heavy (non-hydrogen) atoms. The minimum atomic E-state index is -0.206. The molecule has 0 bridgehead atoms. The Bertz CT molecular complexity index is 1060. The zero-order valence-electron chi connectivity index (χ0n) is 17.8. The van der Waals surface area contributed by atoms with Crippen molar-refractivity contribution >= 4 is 46.1 Å². The van der Waals surface area contributed by atoms with E-state index in [1.165, 1.54) is 0 Å². The average molecular weight is 477 g/mol. The first kappa shape index (κ1) is 22.6. The van der Waals surface area contributed by atoms with Crippen molar-refractivity contribution in [3.8, 4) is 5.75 Å². The summed E-state index contributed by atoms with van der Waals surface area (Å²) in [5.74, 6) is 2.16. The quantitative estimate of drug-likeness (QED) is 0.372. The van der Waals surface area contributed by atoms with E-state index < -0.39 is 0 Å². The number of ether oxygens (including phenoxy) is 2. The van der Waals surface area contributed by atoms with E-state index in [2.05, 4.69) is 22.2 Å². The third kappa shape index (κ3) is 5.62. The van der Waals surface area contributed by atoms with Crippen molar-refractivity contribution in [2.75, 3.05) is 50.1 Å². The van der Waals surface area contributed by atoms with Gasteiger partial charge in [-0.3, -0.25) is 4.79 Å². The van der Waals surface area contributed by atoms with Crippen LogP contribution in [0.5, 0.6) is 5.75 Å². The number of halogens is 1.